The number of benzene rings is 3. The largest absolute Gasteiger partial charge is 0.495 e. The Kier molecular flexibility index (Phi) is 7.61. The molecule has 37 heavy (non-hydrogen) atoms. The molecule has 2 heterocycles. The Morgan fingerprint density at radius 1 is 0.838 bits per heavy atom. The van der Waals surface area contributed by atoms with Crippen molar-refractivity contribution in [2.45, 2.75) is 13.0 Å². The zero-order valence-corrected chi connectivity index (χ0v) is 21.0. The molecule has 0 amide bonds. The van der Waals surface area contributed by atoms with Crippen molar-refractivity contribution >= 4 is 5.69 Å². The van der Waals surface area contributed by atoms with Crippen molar-refractivity contribution in [2.75, 3.05) is 44.7 Å². The van der Waals surface area contributed by atoms with Crippen LogP contribution in [-0.4, -0.2) is 54.5 Å². The van der Waals surface area contributed by atoms with Crippen LogP contribution in [0.4, 0.5) is 10.1 Å². The fraction of sp³-hybridized carbons (Fsp3) is 0.267. The molecule has 1 fully saturated rings. The van der Waals surface area contributed by atoms with E-state index in [1.165, 1.54) is 12.1 Å². The summed E-state index contributed by atoms with van der Waals surface area (Å²) in [6.07, 6.45) is 0.808. The maximum absolute atomic E-state index is 13.5. The lowest BCUT2D eigenvalue weighted by atomic mass is 10.0. The van der Waals surface area contributed by atoms with Crippen LogP contribution >= 0.6 is 0 Å². The average molecular weight is 499 g/mol. The molecule has 0 N–H and O–H groups in total. The van der Waals surface area contributed by atoms with E-state index in [2.05, 4.69) is 21.0 Å². The SMILES string of the molecule is COc1ccccc1N1CCN(CCCn2nc(-c3ccc(F)cc3)cc(-c3ccccc3)c2=O)CC1. The number of anilines is 1. The van der Waals surface area contributed by atoms with Gasteiger partial charge in [0, 0.05) is 44.8 Å². The Balaban J connectivity index is 1.28. The number of hydrogen-bond donors (Lipinski definition) is 0. The molecule has 190 valence electrons. The number of nitrogens with zero attached hydrogens (tertiary/aromatic N) is 4. The van der Waals surface area contributed by atoms with Crippen LogP contribution in [0.1, 0.15) is 6.42 Å². The average Bonchev–Trinajstić information content (AvgIpc) is 2.95. The van der Waals surface area contributed by atoms with Gasteiger partial charge in [0.2, 0.25) is 0 Å². The van der Waals surface area contributed by atoms with E-state index in [-0.39, 0.29) is 11.4 Å². The molecule has 0 radical (unpaired) electrons. The molecule has 0 bridgehead atoms. The van der Waals surface area contributed by atoms with E-state index in [0.29, 0.717) is 17.8 Å². The number of piperazine rings is 1. The predicted octanol–water partition coefficient (Wildman–Crippen LogP) is 4.94. The van der Waals surface area contributed by atoms with Gasteiger partial charge in [0.1, 0.15) is 11.6 Å². The highest BCUT2D eigenvalue weighted by atomic mass is 19.1. The summed E-state index contributed by atoms with van der Waals surface area (Å²) < 4.78 is 20.6. The summed E-state index contributed by atoms with van der Waals surface area (Å²) >= 11 is 0. The van der Waals surface area contributed by atoms with Gasteiger partial charge in [0.15, 0.2) is 0 Å². The van der Waals surface area contributed by atoms with Gasteiger partial charge in [-0.15, -0.1) is 0 Å². The summed E-state index contributed by atoms with van der Waals surface area (Å²) in [5.74, 6) is 0.600. The molecule has 6 nitrogen and oxygen atoms in total. The first-order valence-corrected chi connectivity index (χ1v) is 12.7. The summed E-state index contributed by atoms with van der Waals surface area (Å²) in [4.78, 5) is 18.1. The van der Waals surface area contributed by atoms with Gasteiger partial charge in [-0.3, -0.25) is 9.69 Å². The summed E-state index contributed by atoms with van der Waals surface area (Å²) in [5.41, 5.74) is 3.90. The van der Waals surface area contributed by atoms with Crippen LogP contribution in [0.15, 0.2) is 89.7 Å². The van der Waals surface area contributed by atoms with Crippen molar-refractivity contribution in [3.63, 3.8) is 0 Å². The molecule has 5 rings (SSSR count). The van der Waals surface area contributed by atoms with Crippen LogP contribution in [0.25, 0.3) is 22.4 Å². The summed E-state index contributed by atoms with van der Waals surface area (Å²) in [6.45, 7) is 5.15. The molecule has 7 heteroatoms. The van der Waals surface area contributed by atoms with Crippen molar-refractivity contribution in [1.29, 1.82) is 0 Å². The van der Waals surface area contributed by atoms with Crippen LogP contribution in [0.5, 0.6) is 5.75 Å². The van der Waals surface area contributed by atoms with E-state index in [0.717, 1.165) is 61.7 Å². The third-order valence-electron chi connectivity index (χ3n) is 6.84. The minimum Gasteiger partial charge on any atom is -0.495 e. The van der Waals surface area contributed by atoms with Gasteiger partial charge in [-0.25, -0.2) is 9.07 Å². The minimum absolute atomic E-state index is 0.113. The van der Waals surface area contributed by atoms with Crippen molar-refractivity contribution in [3.8, 4) is 28.1 Å². The zero-order valence-electron chi connectivity index (χ0n) is 21.0. The Morgan fingerprint density at radius 2 is 1.54 bits per heavy atom. The molecule has 0 spiro atoms. The Hall–Kier alpha value is -3.97. The van der Waals surface area contributed by atoms with Gasteiger partial charge >= 0.3 is 0 Å². The van der Waals surface area contributed by atoms with Gasteiger partial charge in [0.05, 0.1) is 24.1 Å². The number of hydrogen-bond acceptors (Lipinski definition) is 5. The Morgan fingerprint density at radius 3 is 2.27 bits per heavy atom. The van der Waals surface area contributed by atoms with Gasteiger partial charge in [-0.05, 0) is 54.4 Å². The van der Waals surface area contributed by atoms with Gasteiger partial charge in [-0.2, -0.15) is 5.10 Å². The number of aromatic nitrogens is 2. The first-order chi connectivity index (χ1) is 18.1. The third kappa shape index (κ3) is 5.73. The topological polar surface area (TPSA) is 50.6 Å². The second-order valence-electron chi connectivity index (χ2n) is 9.20. The van der Waals surface area contributed by atoms with E-state index < -0.39 is 0 Å². The monoisotopic (exact) mass is 498 g/mol. The Labute approximate surface area is 216 Å². The van der Waals surface area contributed by atoms with E-state index in [4.69, 9.17) is 4.74 Å². The smallest absolute Gasteiger partial charge is 0.274 e. The highest BCUT2D eigenvalue weighted by Gasteiger charge is 2.19. The fourth-order valence-corrected chi connectivity index (χ4v) is 4.83. The second-order valence-corrected chi connectivity index (χ2v) is 9.20. The molecule has 0 saturated carbocycles. The molecule has 0 aliphatic carbocycles. The molecule has 0 atom stereocenters. The van der Waals surface area contributed by atoms with Gasteiger partial charge < -0.3 is 9.64 Å². The van der Waals surface area contributed by atoms with Gasteiger partial charge in [-0.1, -0.05) is 42.5 Å². The van der Waals surface area contributed by atoms with Crippen LogP contribution < -0.4 is 15.2 Å². The summed E-state index contributed by atoms with van der Waals surface area (Å²) in [6, 6.07) is 25.8. The molecule has 1 aliphatic heterocycles. The third-order valence-corrected chi connectivity index (χ3v) is 6.84. The fourth-order valence-electron chi connectivity index (χ4n) is 4.83. The highest BCUT2D eigenvalue weighted by molar-refractivity contribution is 5.69. The molecular formula is C30H31FN4O2. The number of halogens is 1. The maximum Gasteiger partial charge on any atom is 0.274 e. The van der Waals surface area contributed by atoms with Crippen molar-refractivity contribution < 1.29 is 9.13 Å². The first kappa shape index (κ1) is 24.7. The lowest BCUT2D eigenvalue weighted by Gasteiger charge is -2.36. The maximum atomic E-state index is 13.5. The predicted molar refractivity (Wildman–Crippen MR) is 146 cm³/mol. The van der Waals surface area contributed by atoms with E-state index in [9.17, 15) is 9.18 Å². The van der Waals surface area contributed by atoms with E-state index >= 15 is 0 Å². The van der Waals surface area contributed by atoms with Crippen LogP contribution in [-0.2, 0) is 6.54 Å². The number of aryl methyl sites for hydroxylation is 1. The van der Waals surface area contributed by atoms with Crippen molar-refractivity contribution in [2.24, 2.45) is 0 Å². The highest BCUT2D eigenvalue weighted by Crippen LogP contribution is 2.28. The first-order valence-electron chi connectivity index (χ1n) is 12.7. The number of methoxy groups -OCH3 is 1. The molecule has 1 aliphatic rings. The molecule has 1 saturated heterocycles. The quantitative estimate of drug-likeness (QED) is 0.345. The molecule has 1 aromatic heterocycles. The van der Waals surface area contributed by atoms with Crippen molar-refractivity contribution in [1.82, 2.24) is 14.7 Å². The van der Waals surface area contributed by atoms with Crippen molar-refractivity contribution in [3.05, 3.63) is 101 Å². The number of para-hydroxylation sites is 2. The van der Waals surface area contributed by atoms with Gasteiger partial charge in [0.25, 0.3) is 5.56 Å². The number of rotatable bonds is 8. The molecular weight excluding hydrogens is 467 g/mol. The lowest BCUT2D eigenvalue weighted by molar-refractivity contribution is 0.247. The van der Waals surface area contributed by atoms with E-state index in [1.54, 1.807) is 30.0 Å². The standard InChI is InChI=1S/C30H31FN4O2/c1-37-29-11-6-5-10-28(29)34-20-18-33(19-21-34)16-7-17-35-30(36)26(23-8-3-2-4-9-23)22-27(32-35)24-12-14-25(31)15-13-24/h2-6,8-15,22H,7,16-21H2,1H3. The van der Waals surface area contributed by atoms with Crippen LogP contribution in [0, 0.1) is 5.82 Å². The summed E-state index contributed by atoms with van der Waals surface area (Å²) in [5, 5.41) is 4.65. The molecule has 4 aromatic rings. The normalized spacial score (nSPS) is 14.1. The zero-order chi connectivity index (χ0) is 25.6. The molecule has 0 unspecified atom stereocenters. The Bertz CT molecular complexity index is 1380. The van der Waals surface area contributed by atoms with Crippen LogP contribution in [0.3, 0.4) is 0 Å². The number of ether oxygens (including phenoxy) is 1. The van der Waals surface area contributed by atoms with E-state index in [1.807, 2.05) is 48.5 Å². The summed E-state index contributed by atoms with van der Waals surface area (Å²) in [7, 11) is 1.71. The second kappa shape index (κ2) is 11.4. The van der Waals surface area contributed by atoms with Crippen LogP contribution in [0.2, 0.25) is 0 Å². The lowest BCUT2D eigenvalue weighted by Crippen LogP contribution is -2.47. The molecule has 3 aromatic carbocycles. The minimum atomic E-state index is -0.300.